The third kappa shape index (κ3) is 0.922. The van der Waals surface area contributed by atoms with E-state index in [0.29, 0.717) is 0 Å². The molecule has 4 heteroatoms. The SMILES string of the molecule is Cc1c[nH]nc1-c1[c]n[nH]c1C. The lowest BCUT2D eigenvalue weighted by Gasteiger charge is -1.92. The van der Waals surface area contributed by atoms with Crippen molar-refractivity contribution < 1.29 is 0 Å². The van der Waals surface area contributed by atoms with E-state index in [1.165, 1.54) is 0 Å². The second-order valence-electron chi connectivity index (χ2n) is 2.75. The summed E-state index contributed by atoms with van der Waals surface area (Å²) in [6.45, 7) is 3.95. The van der Waals surface area contributed by atoms with E-state index in [9.17, 15) is 0 Å². The first kappa shape index (κ1) is 7.09. The predicted molar refractivity (Wildman–Crippen MR) is 44.5 cm³/mol. The minimum atomic E-state index is 0.918. The Kier molecular flexibility index (Phi) is 1.46. The molecule has 0 aliphatic heterocycles. The lowest BCUT2D eigenvalue weighted by Crippen LogP contribution is -1.81. The van der Waals surface area contributed by atoms with E-state index in [1.54, 1.807) is 0 Å². The van der Waals surface area contributed by atoms with Crippen molar-refractivity contribution in [2.24, 2.45) is 0 Å². The van der Waals surface area contributed by atoms with Gasteiger partial charge >= 0.3 is 0 Å². The molecule has 0 saturated heterocycles. The molecule has 2 heterocycles. The normalized spacial score (nSPS) is 10.5. The number of rotatable bonds is 1. The Balaban J connectivity index is 2.57. The highest BCUT2D eigenvalue weighted by Crippen LogP contribution is 2.20. The maximum absolute atomic E-state index is 4.10. The minimum Gasteiger partial charge on any atom is -0.285 e. The fraction of sp³-hybridized carbons (Fsp3) is 0.250. The molecule has 0 aliphatic rings. The van der Waals surface area contributed by atoms with E-state index in [4.69, 9.17) is 0 Å². The quantitative estimate of drug-likeness (QED) is 0.660. The van der Waals surface area contributed by atoms with E-state index < -0.39 is 0 Å². The molecule has 0 amide bonds. The lowest BCUT2D eigenvalue weighted by atomic mass is 10.1. The van der Waals surface area contributed by atoms with Crippen LogP contribution in [0.15, 0.2) is 6.20 Å². The molecule has 0 spiro atoms. The molecule has 0 fully saturated rings. The monoisotopic (exact) mass is 161 g/mol. The fourth-order valence-corrected chi connectivity index (χ4v) is 1.14. The van der Waals surface area contributed by atoms with E-state index in [2.05, 4.69) is 26.6 Å². The van der Waals surface area contributed by atoms with Crippen LogP contribution >= 0.6 is 0 Å². The first-order valence-corrected chi connectivity index (χ1v) is 3.72. The molecule has 0 aliphatic carbocycles. The average Bonchev–Trinajstić information content (AvgIpc) is 2.59. The second-order valence-corrected chi connectivity index (χ2v) is 2.75. The van der Waals surface area contributed by atoms with Gasteiger partial charge in [-0.3, -0.25) is 10.2 Å². The summed E-state index contributed by atoms with van der Waals surface area (Å²) in [7, 11) is 0. The summed E-state index contributed by atoms with van der Waals surface area (Å²) in [5.74, 6) is 0. The Morgan fingerprint density at radius 3 is 2.75 bits per heavy atom. The molecular formula is C8H9N4. The van der Waals surface area contributed by atoms with Gasteiger partial charge in [0.25, 0.3) is 0 Å². The standard InChI is InChI=1S/C8H9N4/c1-5-3-9-12-8(5)7-4-10-11-6(7)2/h3H,1-2H3,(H,9,12)(H,10,11). The molecule has 2 rings (SSSR count). The van der Waals surface area contributed by atoms with Crippen LogP contribution in [0.5, 0.6) is 0 Å². The van der Waals surface area contributed by atoms with Crippen molar-refractivity contribution >= 4 is 0 Å². The predicted octanol–water partition coefficient (Wildman–Crippen LogP) is 1.22. The van der Waals surface area contributed by atoms with Gasteiger partial charge in [0.15, 0.2) is 0 Å². The van der Waals surface area contributed by atoms with Gasteiger partial charge in [0, 0.05) is 11.9 Å². The van der Waals surface area contributed by atoms with Gasteiger partial charge in [-0.2, -0.15) is 10.2 Å². The molecule has 2 aromatic rings. The zero-order valence-electron chi connectivity index (χ0n) is 6.97. The molecule has 61 valence electrons. The second kappa shape index (κ2) is 2.48. The van der Waals surface area contributed by atoms with Gasteiger partial charge in [-0.05, 0) is 19.4 Å². The Morgan fingerprint density at radius 2 is 2.25 bits per heavy atom. The third-order valence-electron chi connectivity index (χ3n) is 1.83. The summed E-state index contributed by atoms with van der Waals surface area (Å²) in [5, 5.41) is 13.5. The first-order valence-electron chi connectivity index (χ1n) is 3.72. The van der Waals surface area contributed by atoms with Crippen molar-refractivity contribution in [1.29, 1.82) is 0 Å². The molecule has 0 saturated carbocycles. The summed E-state index contributed by atoms with van der Waals surface area (Å²) in [5.41, 5.74) is 3.95. The summed E-state index contributed by atoms with van der Waals surface area (Å²) < 4.78 is 0. The number of hydrogen-bond donors (Lipinski definition) is 2. The van der Waals surface area contributed by atoms with Gasteiger partial charge in [-0.1, -0.05) is 0 Å². The van der Waals surface area contributed by atoms with Crippen LogP contribution in [0, 0.1) is 20.0 Å². The van der Waals surface area contributed by atoms with Crippen LogP contribution in [0.1, 0.15) is 11.3 Å². The highest BCUT2D eigenvalue weighted by atomic mass is 15.1. The van der Waals surface area contributed by atoms with E-state index in [0.717, 1.165) is 22.5 Å². The smallest absolute Gasteiger partial charge is 0.123 e. The zero-order chi connectivity index (χ0) is 8.55. The Morgan fingerprint density at radius 1 is 1.42 bits per heavy atom. The summed E-state index contributed by atoms with van der Waals surface area (Å²) in [6.07, 6.45) is 4.72. The number of aryl methyl sites for hydroxylation is 2. The van der Waals surface area contributed by atoms with Crippen LogP contribution in [0.3, 0.4) is 0 Å². The van der Waals surface area contributed by atoms with Crippen molar-refractivity contribution in [2.75, 3.05) is 0 Å². The maximum Gasteiger partial charge on any atom is 0.123 e. The first-order chi connectivity index (χ1) is 5.79. The van der Waals surface area contributed by atoms with Crippen molar-refractivity contribution in [3.05, 3.63) is 23.7 Å². The van der Waals surface area contributed by atoms with Gasteiger partial charge in [-0.25, -0.2) is 0 Å². The van der Waals surface area contributed by atoms with E-state index in [-0.39, 0.29) is 0 Å². The molecule has 1 radical (unpaired) electrons. The Hall–Kier alpha value is -1.58. The summed E-state index contributed by atoms with van der Waals surface area (Å²) >= 11 is 0. The topological polar surface area (TPSA) is 57.4 Å². The highest BCUT2D eigenvalue weighted by molar-refractivity contribution is 5.62. The van der Waals surface area contributed by atoms with Gasteiger partial charge in [0.05, 0.1) is 11.3 Å². The summed E-state index contributed by atoms with van der Waals surface area (Å²) in [6, 6.07) is 0. The molecule has 4 nitrogen and oxygen atoms in total. The highest BCUT2D eigenvalue weighted by Gasteiger charge is 2.08. The lowest BCUT2D eigenvalue weighted by molar-refractivity contribution is 1.04. The molecule has 2 aromatic heterocycles. The number of nitrogens with zero attached hydrogens (tertiary/aromatic N) is 2. The van der Waals surface area contributed by atoms with Crippen LogP contribution in [-0.4, -0.2) is 20.4 Å². The third-order valence-corrected chi connectivity index (χ3v) is 1.83. The molecule has 0 atom stereocenters. The van der Waals surface area contributed by atoms with Gasteiger partial charge in [-0.15, -0.1) is 0 Å². The molecule has 2 N–H and O–H groups in total. The molecular weight excluding hydrogens is 152 g/mol. The van der Waals surface area contributed by atoms with Crippen LogP contribution in [0.25, 0.3) is 11.3 Å². The Bertz CT molecular complexity index is 347. The number of hydrogen-bond acceptors (Lipinski definition) is 2. The van der Waals surface area contributed by atoms with Crippen molar-refractivity contribution in [3.63, 3.8) is 0 Å². The zero-order valence-corrected chi connectivity index (χ0v) is 6.97. The van der Waals surface area contributed by atoms with E-state index in [1.807, 2.05) is 20.0 Å². The number of aromatic amines is 2. The Labute approximate surface area is 70.0 Å². The molecule has 12 heavy (non-hydrogen) atoms. The van der Waals surface area contributed by atoms with Crippen LogP contribution in [-0.2, 0) is 0 Å². The van der Waals surface area contributed by atoms with Gasteiger partial charge in [0.1, 0.15) is 6.20 Å². The van der Waals surface area contributed by atoms with Crippen LogP contribution in [0.4, 0.5) is 0 Å². The van der Waals surface area contributed by atoms with Crippen molar-refractivity contribution in [2.45, 2.75) is 13.8 Å². The number of aromatic nitrogens is 4. The average molecular weight is 161 g/mol. The van der Waals surface area contributed by atoms with Crippen molar-refractivity contribution in [3.8, 4) is 11.3 Å². The molecule has 0 aromatic carbocycles. The maximum atomic E-state index is 4.10. The minimum absolute atomic E-state index is 0.918. The van der Waals surface area contributed by atoms with Crippen LogP contribution in [0.2, 0.25) is 0 Å². The van der Waals surface area contributed by atoms with Gasteiger partial charge < -0.3 is 0 Å². The van der Waals surface area contributed by atoms with E-state index >= 15 is 0 Å². The van der Waals surface area contributed by atoms with Gasteiger partial charge in [0.2, 0.25) is 0 Å². The van der Waals surface area contributed by atoms with Crippen LogP contribution < -0.4 is 0 Å². The number of H-pyrrole nitrogens is 2. The number of nitrogens with one attached hydrogen (secondary N) is 2. The van der Waals surface area contributed by atoms with Crippen molar-refractivity contribution in [1.82, 2.24) is 20.4 Å². The largest absolute Gasteiger partial charge is 0.285 e. The molecule has 0 unspecified atom stereocenters. The summed E-state index contributed by atoms with van der Waals surface area (Å²) in [4.78, 5) is 0. The fourth-order valence-electron chi connectivity index (χ4n) is 1.14. The molecule has 0 bridgehead atoms.